The van der Waals surface area contributed by atoms with Crippen molar-refractivity contribution in [3.05, 3.63) is 35.4 Å². The number of β-amino-alcohol motifs (C(OH)–C–C–N with tert-alkyl or cyclic N) is 1. The average molecular weight is 310 g/mol. The van der Waals surface area contributed by atoms with Gasteiger partial charge in [0.05, 0.1) is 23.5 Å². The summed E-state index contributed by atoms with van der Waals surface area (Å²) in [6, 6.07) is 6.72. The van der Waals surface area contributed by atoms with Crippen molar-refractivity contribution in [3.63, 3.8) is 0 Å². The fraction of sp³-hybridized carbons (Fsp3) is 0.385. The molecule has 1 aliphatic heterocycles. The smallest absolute Gasteiger partial charge is 0.322 e. The maximum absolute atomic E-state index is 12.3. The van der Waals surface area contributed by atoms with E-state index in [0.717, 1.165) is 4.31 Å². The number of nitriles is 1. The second kappa shape index (κ2) is 5.81. The molecule has 1 aromatic carbocycles. The first-order chi connectivity index (χ1) is 9.83. The van der Waals surface area contributed by atoms with E-state index in [1.807, 2.05) is 6.07 Å². The summed E-state index contributed by atoms with van der Waals surface area (Å²) in [5.41, 5.74) is 0.871. The van der Waals surface area contributed by atoms with Gasteiger partial charge in [-0.3, -0.25) is 4.79 Å². The Morgan fingerprint density at radius 2 is 2.00 bits per heavy atom. The predicted molar refractivity (Wildman–Crippen MR) is 72.5 cm³/mol. The van der Waals surface area contributed by atoms with Gasteiger partial charge in [-0.05, 0) is 17.7 Å². The van der Waals surface area contributed by atoms with Crippen molar-refractivity contribution >= 4 is 16.0 Å². The Bertz CT molecular complexity index is 678. The molecule has 0 amide bonds. The molecule has 1 heterocycles. The van der Waals surface area contributed by atoms with Crippen LogP contribution < -0.4 is 0 Å². The van der Waals surface area contributed by atoms with Crippen molar-refractivity contribution in [2.24, 2.45) is 0 Å². The Balaban J connectivity index is 2.21. The highest BCUT2D eigenvalue weighted by Gasteiger charge is 2.42. The Kier molecular flexibility index (Phi) is 4.27. The first kappa shape index (κ1) is 15.4. The monoisotopic (exact) mass is 310 g/mol. The minimum absolute atomic E-state index is 0.109. The molecule has 0 saturated carbocycles. The first-order valence-electron chi connectivity index (χ1n) is 6.23. The Hall–Kier alpha value is -1.95. The zero-order valence-electron chi connectivity index (χ0n) is 11.0. The molecule has 1 fully saturated rings. The van der Waals surface area contributed by atoms with Gasteiger partial charge in [0.15, 0.2) is 0 Å². The molecular weight excluding hydrogens is 296 g/mol. The lowest BCUT2D eigenvalue weighted by Crippen LogP contribution is -2.41. The van der Waals surface area contributed by atoms with E-state index in [1.54, 1.807) is 0 Å². The molecule has 0 unspecified atom stereocenters. The van der Waals surface area contributed by atoms with Crippen LogP contribution in [0.1, 0.15) is 17.5 Å². The number of rotatable bonds is 4. The van der Waals surface area contributed by atoms with Crippen molar-refractivity contribution in [2.45, 2.75) is 24.3 Å². The van der Waals surface area contributed by atoms with Gasteiger partial charge in [-0.25, -0.2) is 8.42 Å². The second-order valence-electron chi connectivity index (χ2n) is 4.88. The quantitative estimate of drug-likeness (QED) is 0.802. The first-order valence-corrected chi connectivity index (χ1v) is 7.84. The SMILES string of the molecule is N#Cc1ccc(CS(=O)(=O)N2C[C@@H](O)C[C@H]2C(=O)O)cc1. The fourth-order valence-corrected chi connectivity index (χ4v) is 4.03. The van der Waals surface area contributed by atoms with Gasteiger partial charge in [-0.15, -0.1) is 0 Å². The van der Waals surface area contributed by atoms with Crippen LogP contribution in [0.2, 0.25) is 0 Å². The number of benzene rings is 1. The molecule has 0 spiro atoms. The fourth-order valence-electron chi connectivity index (χ4n) is 2.29. The van der Waals surface area contributed by atoms with Crippen LogP contribution >= 0.6 is 0 Å². The van der Waals surface area contributed by atoms with Gasteiger partial charge in [0.2, 0.25) is 10.0 Å². The maximum atomic E-state index is 12.3. The van der Waals surface area contributed by atoms with E-state index in [-0.39, 0.29) is 18.7 Å². The van der Waals surface area contributed by atoms with Crippen molar-refractivity contribution < 1.29 is 23.4 Å². The minimum atomic E-state index is -3.85. The van der Waals surface area contributed by atoms with E-state index in [4.69, 9.17) is 10.4 Å². The third-order valence-corrected chi connectivity index (χ3v) is 5.12. The molecule has 0 aromatic heterocycles. The van der Waals surface area contributed by atoms with Crippen molar-refractivity contribution in [1.29, 1.82) is 5.26 Å². The highest BCUT2D eigenvalue weighted by atomic mass is 32.2. The van der Waals surface area contributed by atoms with E-state index in [1.165, 1.54) is 24.3 Å². The van der Waals surface area contributed by atoms with E-state index in [9.17, 15) is 18.3 Å². The van der Waals surface area contributed by atoms with Crippen LogP contribution in [0.15, 0.2) is 24.3 Å². The number of sulfonamides is 1. The lowest BCUT2D eigenvalue weighted by molar-refractivity contribution is -0.140. The minimum Gasteiger partial charge on any atom is -0.480 e. The summed E-state index contributed by atoms with van der Waals surface area (Å²) >= 11 is 0. The number of hydrogen-bond acceptors (Lipinski definition) is 5. The van der Waals surface area contributed by atoms with Crippen molar-refractivity contribution in [3.8, 4) is 6.07 Å². The molecule has 2 rings (SSSR count). The number of aliphatic hydroxyl groups is 1. The van der Waals surface area contributed by atoms with Crippen LogP contribution in [0.25, 0.3) is 0 Å². The van der Waals surface area contributed by atoms with Crippen LogP contribution in [0.5, 0.6) is 0 Å². The molecular formula is C13H14N2O5S. The van der Waals surface area contributed by atoms with Gasteiger partial charge in [0.1, 0.15) is 6.04 Å². The van der Waals surface area contributed by atoms with Gasteiger partial charge in [0.25, 0.3) is 0 Å². The van der Waals surface area contributed by atoms with E-state index in [2.05, 4.69) is 0 Å². The number of carboxylic acids is 1. The normalized spacial score (nSPS) is 22.9. The number of aliphatic carboxylic acids is 1. The highest BCUT2D eigenvalue weighted by molar-refractivity contribution is 7.88. The van der Waals surface area contributed by atoms with Gasteiger partial charge in [0, 0.05) is 13.0 Å². The largest absolute Gasteiger partial charge is 0.480 e. The number of hydrogen-bond donors (Lipinski definition) is 2. The van der Waals surface area contributed by atoms with Gasteiger partial charge < -0.3 is 10.2 Å². The summed E-state index contributed by atoms with van der Waals surface area (Å²) in [6.45, 7) is -0.213. The summed E-state index contributed by atoms with van der Waals surface area (Å²) in [5.74, 6) is -1.63. The van der Waals surface area contributed by atoms with Gasteiger partial charge in [-0.1, -0.05) is 12.1 Å². The summed E-state index contributed by atoms with van der Waals surface area (Å²) < 4.78 is 25.4. The molecule has 1 saturated heterocycles. The van der Waals surface area contributed by atoms with E-state index in [0.29, 0.717) is 11.1 Å². The van der Waals surface area contributed by atoms with Crippen molar-refractivity contribution in [1.82, 2.24) is 4.31 Å². The number of nitrogens with zero attached hydrogens (tertiary/aromatic N) is 2. The topological polar surface area (TPSA) is 119 Å². The summed E-state index contributed by atoms with van der Waals surface area (Å²) in [7, 11) is -3.85. The molecule has 2 atom stereocenters. The standard InChI is InChI=1S/C13H14N2O5S/c14-6-9-1-3-10(4-2-9)8-21(19,20)15-7-11(16)5-12(15)13(17)18/h1-4,11-12,16H,5,7-8H2,(H,17,18)/t11-,12-/m0/s1. The van der Waals surface area contributed by atoms with Crippen molar-refractivity contribution in [2.75, 3.05) is 6.54 Å². The molecule has 21 heavy (non-hydrogen) atoms. The van der Waals surface area contributed by atoms with Crippen LogP contribution in [0.4, 0.5) is 0 Å². The molecule has 0 aliphatic carbocycles. The third kappa shape index (κ3) is 3.39. The van der Waals surface area contributed by atoms with E-state index >= 15 is 0 Å². The Labute approximate surface area is 122 Å². The predicted octanol–water partition coefficient (Wildman–Crippen LogP) is -0.0921. The average Bonchev–Trinajstić information content (AvgIpc) is 2.82. The zero-order chi connectivity index (χ0) is 15.6. The lowest BCUT2D eigenvalue weighted by Gasteiger charge is -2.20. The maximum Gasteiger partial charge on any atom is 0.322 e. The summed E-state index contributed by atoms with van der Waals surface area (Å²) in [6.07, 6.45) is -1.08. The van der Waals surface area contributed by atoms with Crippen LogP contribution in [-0.4, -0.2) is 47.6 Å². The van der Waals surface area contributed by atoms with Gasteiger partial charge >= 0.3 is 5.97 Å². The second-order valence-corrected chi connectivity index (χ2v) is 6.80. The molecule has 0 bridgehead atoms. The molecule has 112 valence electrons. The van der Waals surface area contributed by atoms with E-state index < -0.39 is 28.1 Å². The molecule has 1 aliphatic rings. The van der Waals surface area contributed by atoms with Gasteiger partial charge in [-0.2, -0.15) is 9.57 Å². The molecule has 2 N–H and O–H groups in total. The number of carboxylic acid groups (broad SMARTS) is 1. The lowest BCUT2D eigenvalue weighted by atomic mass is 10.2. The number of aliphatic hydroxyl groups excluding tert-OH is 1. The molecule has 8 heteroatoms. The Morgan fingerprint density at radius 3 is 2.52 bits per heavy atom. The molecule has 7 nitrogen and oxygen atoms in total. The summed E-state index contributed by atoms with van der Waals surface area (Å²) in [5, 5.41) is 27.2. The molecule has 1 aromatic rings. The summed E-state index contributed by atoms with van der Waals surface area (Å²) in [4.78, 5) is 11.1. The molecule has 0 radical (unpaired) electrons. The van der Waals surface area contributed by atoms with Crippen LogP contribution in [-0.2, 0) is 20.6 Å². The zero-order valence-corrected chi connectivity index (χ0v) is 11.8. The highest BCUT2D eigenvalue weighted by Crippen LogP contribution is 2.24. The van der Waals surface area contributed by atoms with Crippen LogP contribution in [0.3, 0.4) is 0 Å². The number of carbonyl (C=O) groups is 1. The third-order valence-electron chi connectivity index (χ3n) is 3.31. The van der Waals surface area contributed by atoms with Crippen LogP contribution in [0, 0.1) is 11.3 Å². The Morgan fingerprint density at radius 1 is 1.38 bits per heavy atom.